The molecule has 0 radical (unpaired) electrons. The molecule has 0 atom stereocenters. The highest BCUT2D eigenvalue weighted by Crippen LogP contribution is 2.36. The van der Waals surface area contributed by atoms with E-state index in [9.17, 15) is 0 Å². The second-order valence-corrected chi connectivity index (χ2v) is 5.10. The predicted octanol–water partition coefficient (Wildman–Crippen LogP) is 4.01. The van der Waals surface area contributed by atoms with Crippen molar-refractivity contribution >= 4 is 0 Å². The Balaban J connectivity index is 1.95. The predicted molar refractivity (Wildman–Crippen MR) is 82.0 cm³/mol. The highest BCUT2D eigenvalue weighted by atomic mass is 16.5. The van der Waals surface area contributed by atoms with Gasteiger partial charge in [-0.25, -0.2) is 9.97 Å². The summed E-state index contributed by atoms with van der Waals surface area (Å²) in [5, 5.41) is 0. The van der Waals surface area contributed by atoms with Crippen LogP contribution in [0.1, 0.15) is 11.4 Å². The van der Waals surface area contributed by atoms with Crippen molar-refractivity contribution in [3.05, 3.63) is 66.0 Å². The number of hydrogen-bond donors (Lipinski definition) is 0. The van der Waals surface area contributed by atoms with Crippen molar-refractivity contribution in [3.8, 4) is 28.3 Å². The van der Waals surface area contributed by atoms with Gasteiger partial charge in [-0.2, -0.15) is 0 Å². The Labute approximate surface area is 123 Å². The first-order valence-corrected chi connectivity index (χ1v) is 6.98. The number of benzene rings is 2. The molecule has 21 heavy (non-hydrogen) atoms. The van der Waals surface area contributed by atoms with Crippen LogP contribution in [0.15, 0.2) is 54.6 Å². The highest BCUT2D eigenvalue weighted by Gasteiger charge is 2.21. The Morgan fingerprint density at radius 3 is 2.48 bits per heavy atom. The fraction of sp³-hybridized carbons (Fsp3) is 0.111. The number of hydrogen-bond acceptors (Lipinski definition) is 3. The molecule has 2 heterocycles. The number of ether oxygens (including phenoxy) is 1. The molecular weight excluding hydrogens is 260 g/mol. The minimum Gasteiger partial charge on any atom is -0.487 e. The summed E-state index contributed by atoms with van der Waals surface area (Å²) < 4.78 is 5.75. The lowest BCUT2D eigenvalue weighted by Crippen LogP contribution is -2.11. The molecule has 0 aliphatic carbocycles. The minimum absolute atomic E-state index is 0.481. The fourth-order valence-electron chi connectivity index (χ4n) is 2.69. The van der Waals surface area contributed by atoms with E-state index in [1.807, 2.05) is 49.4 Å². The van der Waals surface area contributed by atoms with Gasteiger partial charge < -0.3 is 4.74 Å². The minimum atomic E-state index is 0.481. The van der Waals surface area contributed by atoms with E-state index in [1.165, 1.54) is 0 Å². The third kappa shape index (κ3) is 1.98. The first-order valence-electron chi connectivity index (χ1n) is 6.98. The van der Waals surface area contributed by atoms with Crippen LogP contribution in [0.5, 0.6) is 5.75 Å². The van der Waals surface area contributed by atoms with E-state index in [4.69, 9.17) is 14.7 Å². The zero-order valence-electron chi connectivity index (χ0n) is 11.7. The quantitative estimate of drug-likeness (QED) is 0.672. The van der Waals surface area contributed by atoms with E-state index < -0.39 is 0 Å². The average molecular weight is 274 g/mol. The van der Waals surface area contributed by atoms with Gasteiger partial charge >= 0.3 is 0 Å². The zero-order valence-corrected chi connectivity index (χ0v) is 11.7. The van der Waals surface area contributed by atoms with Gasteiger partial charge in [-0.3, -0.25) is 0 Å². The molecular formula is C18H14N2O. The number of aryl methyl sites for hydroxylation is 1. The van der Waals surface area contributed by atoms with E-state index in [0.717, 1.165) is 39.7 Å². The summed E-state index contributed by atoms with van der Waals surface area (Å²) in [7, 11) is 0. The molecule has 0 unspecified atom stereocenters. The summed E-state index contributed by atoms with van der Waals surface area (Å²) in [6, 6.07) is 18.2. The summed E-state index contributed by atoms with van der Waals surface area (Å²) >= 11 is 0. The SMILES string of the molecule is Cc1nc2c(nc1-c1ccccc1)-c1ccccc1OC2. The maximum atomic E-state index is 5.75. The molecule has 1 aliphatic heterocycles. The van der Waals surface area contributed by atoms with Crippen molar-refractivity contribution in [1.82, 2.24) is 9.97 Å². The highest BCUT2D eigenvalue weighted by molar-refractivity contribution is 5.74. The lowest BCUT2D eigenvalue weighted by molar-refractivity contribution is 0.296. The largest absolute Gasteiger partial charge is 0.487 e. The van der Waals surface area contributed by atoms with E-state index in [1.54, 1.807) is 0 Å². The van der Waals surface area contributed by atoms with Crippen molar-refractivity contribution in [2.75, 3.05) is 0 Å². The molecule has 4 rings (SSSR count). The second kappa shape index (κ2) is 4.70. The third-order valence-corrected chi connectivity index (χ3v) is 3.70. The molecule has 0 N–H and O–H groups in total. The van der Waals surface area contributed by atoms with Crippen LogP contribution in [0.25, 0.3) is 22.5 Å². The zero-order chi connectivity index (χ0) is 14.2. The Morgan fingerprint density at radius 2 is 1.62 bits per heavy atom. The van der Waals surface area contributed by atoms with Gasteiger partial charge in [0.1, 0.15) is 18.1 Å². The molecule has 102 valence electrons. The molecule has 2 aromatic carbocycles. The van der Waals surface area contributed by atoms with Crippen LogP contribution in [0, 0.1) is 6.92 Å². The van der Waals surface area contributed by atoms with Crippen molar-refractivity contribution in [1.29, 1.82) is 0 Å². The van der Waals surface area contributed by atoms with Gasteiger partial charge in [0.15, 0.2) is 0 Å². The van der Waals surface area contributed by atoms with Crippen LogP contribution in [-0.4, -0.2) is 9.97 Å². The van der Waals surface area contributed by atoms with Crippen molar-refractivity contribution in [2.45, 2.75) is 13.5 Å². The van der Waals surface area contributed by atoms with Crippen LogP contribution in [-0.2, 0) is 6.61 Å². The summed E-state index contributed by atoms with van der Waals surface area (Å²) in [6.45, 7) is 2.48. The molecule has 3 aromatic rings. The molecule has 0 bridgehead atoms. The van der Waals surface area contributed by atoms with Gasteiger partial charge in [0.2, 0.25) is 0 Å². The molecule has 1 aliphatic rings. The smallest absolute Gasteiger partial charge is 0.132 e. The van der Waals surface area contributed by atoms with Crippen LogP contribution in [0.2, 0.25) is 0 Å². The Morgan fingerprint density at radius 1 is 0.857 bits per heavy atom. The normalized spacial score (nSPS) is 12.2. The topological polar surface area (TPSA) is 35.0 Å². The number of para-hydroxylation sites is 1. The van der Waals surface area contributed by atoms with Crippen LogP contribution in [0.3, 0.4) is 0 Å². The molecule has 0 amide bonds. The van der Waals surface area contributed by atoms with E-state index in [2.05, 4.69) is 12.1 Å². The number of rotatable bonds is 1. The van der Waals surface area contributed by atoms with Gasteiger partial charge in [-0.1, -0.05) is 42.5 Å². The molecule has 3 heteroatoms. The summed E-state index contributed by atoms with van der Waals surface area (Å²) in [4.78, 5) is 9.58. The van der Waals surface area contributed by atoms with Crippen molar-refractivity contribution in [3.63, 3.8) is 0 Å². The lowest BCUT2D eigenvalue weighted by Gasteiger charge is -2.20. The van der Waals surface area contributed by atoms with Crippen molar-refractivity contribution < 1.29 is 4.74 Å². The second-order valence-electron chi connectivity index (χ2n) is 5.10. The van der Waals surface area contributed by atoms with E-state index in [-0.39, 0.29) is 0 Å². The van der Waals surface area contributed by atoms with Gasteiger partial charge in [-0.15, -0.1) is 0 Å². The molecule has 3 nitrogen and oxygen atoms in total. The van der Waals surface area contributed by atoms with Gasteiger partial charge in [0.05, 0.1) is 17.1 Å². The van der Waals surface area contributed by atoms with Crippen molar-refractivity contribution in [2.24, 2.45) is 0 Å². The summed E-state index contributed by atoms with van der Waals surface area (Å²) in [5.74, 6) is 0.877. The van der Waals surface area contributed by atoms with Gasteiger partial charge in [0, 0.05) is 11.1 Å². The fourth-order valence-corrected chi connectivity index (χ4v) is 2.69. The van der Waals surface area contributed by atoms with E-state index >= 15 is 0 Å². The maximum absolute atomic E-state index is 5.75. The Bertz CT molecular complexity index is 813. The number of nitrogens with zero attached hydrogens (tertiary/aromatic N) is 2. The molecule has 0 fully saturated rings. The number of aromatic nitrogens is 2. The monoisotopic (exact) mass is 274 g/mol. The summed E-state index contributed by atoms with van der Waals surface area (Å²) in [6.07, 6.45) is 0. The molecule has 0 saturated carbocycles. The number of fused-ring (bicyclic) bond motifs is 3. The maximum Gasteiger partial charge on any atom is 0.132 e. The Kier molecular flexibility index (Phi) is 2.71. The van der Waals surface area contributed by atoms with Crippen LogP contribution >= 0.6 is 0 Å². The molecule has 1 aromatic heterocycles. The molecule has 0 saturated heterocycles. The van der Waals surface area contributed by atoms with Gasteiger partial charge in [-0.05, 0) is 19.1 Å². The standard InChI is InChI=1S/C18H14N2O/c1-12-17(13-7-3-2-4-8-13)20-18-14-9-5-6-10-16(14)21-11-15(18)19-12/h2-10H,11H2,1H3. The first-order chi connectivity index (χ1) is 10.3. The molecule has 0 spiro atoms. The van der Waals surface area contributed by atoms with Crippen LogP contribution in [0.4, 0.5) is 0 Å². The average Bonchev–Trinajstić information content (AvgIpc) is 2.55. The van der Waals surface area contributed by atoms with Crippen LogP contribution < -0.4 is 4.74 Å². The summed E-state index contributed by atoms with van der Waals surface area (Å²) in [5.41, 5.74) is 5.82. The lowest BCUT2D eigenvalue weighted by atomic mass is 10.0. The first kappa shape index (κ1) is 12.1. The van der Waals surface area contributed by atoms with E-state index in [0.29, 0.717) is 6.61 Å². The Hall–Kier alpha value is -2.68. The third-order valence-electron chi connectivity index (χ3n) is 3.70. The van der Waals surface area contributed by atoms with Gasteiger partial charge in [0.25, 0.3) is 0 Å².